The average Bonchev–Trinajstić information content (AvgIpc) is 2.94. The molecule has 1 unspecified atom stereocenters. The number of aliphatic hydroxyl groups is 1. The van der Waals surface area contributed by atoms with Gasteiger partial charge in [-0.25, -0.2) is 0 Å². The van der Waals surface area contributed by atoms with Gasteiger partial charge in [0.15, 0.2) is 0 Å². The first-order valence-corrected chi connectivity index (χ1v) is 5.61. The van der Waals surface area contributed by atoms with Crippen LogP contribution in [0.15, 0.2) is 0 Å². The molecular weight excluding hydrogens is 192 g/mol. The van der Waals surface area contributed by atoms with Gasteiger partial charge in [-0.05, 0) is 39.5 Å². The van der Waals surface area contributed by atoms with Crippen LogP contribution in [0.3, 0.4) is 0 Å². The minimum atomic E-state index is -0.478. The summed E-state index contributed by atoms with van der Waals surface area (Å²) in [5.41, 5.74) is -0.420. The molecule has 0 bridgehead atoms. The standard InChI is InChI=1S/C11H22N2O2/c1-8(14)11(2,3)13-7-10(15)12-6-9-4-5-9/h8-9,13-14H,4-7H2,1-3H3,(H,12,15). The van der Waals surface area contributed by atoms with Gasteiger partial charge in [-0.1, -0.05) is 0 Å². The predicted molar refractivity (Wildman–Crippen MR) is 59.5 cm³/mol. The van der Waals surface area contributed by atoms with E-state index < -0.39 is 11.6 Å². The number of carbonyl (C=O) groups excluding carboxylic acids is 1. The fourth-order valence-corrected chi connectivity index (χ4v) is 1.10. The lowest BCUT2D eigenvalue weighted by atomic mass is 9.99. The van der Waals surface area contributed by atoms with E-state index in [4.69, 9.17) is 0 Å². The molecule has 0 heterocycles. The van der Waals surface area contributed by atoms with Gasteiger partial charge in [-0.2, -0.15) is 0 Å². The highest BCUT2D eigenvalue weighted by atomic mass is 16.3. The summed E-state index contributed by atoms with van der Waals surface area (Å²) in [6, 6.07) is 0. The first-order valence-electron chi connectivity index (χ1n) is 5.61. The second-order valence-corrected chi connectivity index (χ2v) is 5.00. The Morgan fingerprint density at radius 1 is 1.53 bits per heavy atom. The zero-order valence-corrected chi connectivity index (χ0v) is 9.84. The van der Waals surface area contributed by atoms with E-state index in [1.165, 1.54) is 12.8 Å². The predicted octanol–water partition coefficient (Wildman–Crippen LogP) is 0.262. The first-order chi connectivity index (χ1) is 6.92. The zero-order chi connectivity index (χ0) is 11.5. The molecule has 1 fully saturated rings. The Balaban J connectivity index is 2.14. The van der Waals surface area contributed by atoms with Crippen LogP contribution >= 0.6 is 0 Å². The number of hydrogen-bond donors (Lipinski definition) is 3. The van der Waals surface area contributed by atoms with Crippen molar-refractivity contribution in [2.24, 2.45) is 5.92 Å². The van der Waals surface area contributed by atoms with Crippen LogP contribution in [0.1, 0.15) is 33.6 Å². The summed E-state index contributed by atoms with van der Waals surface area (Å²) in [7, 11) is 0. The third-order valence-corrected chi connectivity index (χ3v) is 3.03. The molecular formula is C11H22N2O2. The minimum absolute atomic E-state index is 0.00984. The fourth-order valence-electron chi connectivity index (χ4n) is 1.10. The molecule has 1 atom stereocenters. The highest BCUT2D eigenvalue weighted by Crippen LogP contribution is 2.27. The fraction of sp³-hybridized carbons (Fsp3) is 0.909. The topological polar surface area (TPSA) is 61.4 Å². The molecule has 4 heteroatoms. The molecule has 0 aliphatic heterocycles. The molecule has 1 amide bonds. The Bertz CT molecular complexity index is 223. The molecule has 3 N–H and O–H groups in total. The van der Waals surface area contributed by atoms with Gasteiger partial charge < -0.3 is 15.7 Å². The van der Waals surface area contributed by atoms with E-state index in [-0.39, 0.29) is 12.5 Å². The van der Waals surface area contributed by atoms with Gasteiger partial charge >= 0.3 is 0 Å². The maximum absolute atomic E-state index is 11.4. The number of hydrogen-bond acceptors (Lipinski definition) is 3. The normalized spacial score (nSPS) is 18.7. The molecule has 0 aromatic heterocycles. The highest BCUT2D eigenvalue weighted by molar-refractivity contribution is 5.78. The summed E-state index contributed by atoms with van der Waals surface area (Å²) in [4.78, 5) is 11.4. The van der Waals surface area contributed by atoms with Gasteiger partial charge in [0.25, 0.3) is 0 Å². The van der Waals surface area contributed by atoms with Crippen molar-refractivity contribution in [2.75, 3.05) is 13.1 Å². The van der Waals surface area contributed by atoms with Crippen LogP contribution < -0.4 is 10.6 Å². The van der Waals surface area contributed by atoms with Gasteiger partial charge in [0.2, 0.25) is 5.91 Å². The SMILES string of the molecule is CC(O)C(C)(C)NCC(=O)NCC1CC1. The molecule has 1 aliphatic carbocycles. The molecule has 0 saturated heterocycles. The molecule has 0 aromatic rings. The van der Waals surface area contributed by atoms with Crippen LogP contribution in [0.25, 0.3) is 0 Å². The third-order valence-electron chi connectivity index (χ3n) is 3.03. The van der Waals surface area contributed by atoms with Crippen molar-refractivity contribution in [3.05, 3.63) is 0 Å². The highest BCUT2D eigenvalue weighted by Gasteiger charge is 2.25. The Morgan fingerprint density at radius 3 is 2.60 bits per heavy atom. The lowest BCUT2D eigenvalue weighted by molar-refractivity contribution is -0.120. The van der Waals surface area contributed by atoms with Gasteiger partial charge in [-0.15, -0.1) is 0 Å². The van der Waals surface area contributed by atoms with E-state index in [0.717, 1.165) is 6.54 Å². The summed E-state index contributed by atoms with van der Waals surface area (Å²) in [6.07, 6.45) is 2.01. The van der Waals surface area contributed by atoms with Crippen LogP contribution in [-0.2, 0) is 4.79 Å². The minimum Gasteiger partial charge on any atom is -0.392 e. The van der Waals surface area contributed by atoms with Crippen LogP contribution in [0.4, 0.5) is 0 Å². The summed E-state index contributed by atoms with van der Waals surface area (Å²) in [5, 5.41) is 15.3. The number of rotatable bonds is 6. The molecule has 15 heavy (non-hydrogen) atoms. The number of amides is 1. The quantitative estimate of drug-likeness (QED) is 0.594. The van der Waals surface area contributed by atoms with E-state index in [2.05, 4.69) is 10.6 Å². The largest absolute Gasteiger partial charge is 0.392 e. The van der Waals surface area contributed by atoms with Gasteiger partial charge in [-0.3, -0.25) is 4.79 Å². The second kappa shape index (κ2) is 4.94. The Hall–Kier alpha value is -0.610. The maximum atomic E-state index is 11.4. The lowest BCUT2D eigenvalue weighted by Crippen LogP contribution is -2.51. The van der Waals surface area contributed by atoms with Gasteiger partial charge in [0.1, 0.15) is 0 Å². The van der Waals surface area contributed by atoms with Crippen molar-refractivity contribution in [2.45, 2.75) is 45.3 Å². The number of carbonyl (C=O) groups is 1. The van der Waals surface area contributed by atoms with Crippen molar-refractivity contribution in [1.29, 1.82) is 0 Å². The van der Waals surface area contributed by atoms with Crippen LogP contribution in [0.2, 0.25) is 0 Å². The maximum Gasteiger partial charge on any atom is 0.233 e. The van der Waals surface area contributed by atoms with Crippen molar-refractivity contribution in [3.63, 3.8) is 0 Å². The Labute approximate surface area is 91.4 Å². The number of aliphatic hydroxyl groups excluding tert-OH is 1. The summed E-state index contributed by atoms with van der Waals surface area (Å²) < 4.78 is 0. The third kappa shape index (κ3) is 4.62. The van der Waals surface area contributed by atoms with Crippen LogP contribution in [-0.4, -0.2) is 35.7 Å². The Kier molecular flexibility index (Phi) is 4.11. The first kappa shape index (κ1) is 12.5. The molecule has 1 saturated carbocycles. The molecule has 1 aliphatic rings. The van der Waals surface area contributed by atoms with Gasteiger partial charge in [0, 0.05) is 12.1 Å². The van der Waals surface area contributed by atoms with E-state index in [1.807, 2.05) is 13.8 Å². The van der Waals surface area contributed by atoms with Crippen molar-refractivity contribution in [3.8, 4) is 0 Å². The van der Waals surface area contributed by atoms with Crippen molar-refractivity contribution < 1.29 is 9.90 Å². The van der Waals surface area contributed by atoms with E-state index in [1.54, 1.807) is 6.92 Å². The smallest absolute Gasteiger partial charge is 0.233 e. The average molecular weight is 214 g/mol. The molecule has 88 valence electrons. The molecule has 0 radical (unpaired) electrons. The van der Waals surface area contributed by atoms with E-state index >= 15 is 0 Å². The van der Waals surface area contributed by atoms with Crippen LogP contribution in [0.5, 0.6) is 0 Å². The Morgan fingerprint density at radius 2 is 2.13 bits per heavy atom. The van der Waals surface area contributed by atoms with E-state index in [0.29, 0.717) is 5.92 Å². The van der Waals surface area contributed by atoms with Crippen molar-refractivity contribution >= 4 is 5.91 Å². The summed E-state index contributed by atoms with van der Waals surface area (Å²) in [6.45, 7) is 6.55. The van der Waals surface area contributed by atoms with E-state index in [9.17, 15) is 9.90 Å². The molecule has 0 aromatic carbocycles. The van der Waals surface area contributed by atoms with Gasteiger partial charge in [0.05, 0.1) is 12.6 Å². The second-order valence-electron chi connectivity index (χ2n) is 5.00. The molecule has 4 nitrogen and oxygen atoms in total. The molecule has 1 rings (SSSR count). The lowest BCUT2D eigenvalue weighted by Gasteiger charge is -2.29. The molecule has 0 spiro atoms. The zero-order valence-electron chi connectivity index (χ0n) is 9.84. The van der Waals surface area contributed by atoms with Crippen LogP contribution in [0, 0.1) is 5.92 Å². The monoisotopic (exact) mass is 214 g/mol. The number of nitrogens with one attached hydrogen (secondary N) is 2. The van der Waals surface area contributed by atoms with Crippen molar-refractivity contribution in [1.82, 2.24) is 10.6 Å². The summed E-state index contributed by atoms with van der Waals surface area (Å²) in [5.74, 6) is 0.717. The summed E-state index contributed by atoms with van der Waals surface area (Å²) >= 11 is 0.